The van der Waals surface area contributed by atoms with Crippen molar-refractivity contribution >= 4 is 5.97 Å². The minimum Gasteiger partial charge on any atom is -0.457 e. The van der Waals surface area contributed by atoms with Crippen LogP contribution in [0, 0.1) is 0 Å². The topological polar surface area (TPSA) is 214 Å². The summed E-state index contributed by atoms with van der Waals surface area (Å²) in [7, 11) is 0. The van der Waals surface area contributed by atoms with E-state index in [4.69, 9.17) is 28.4 Å². The molecular formula is C53H92O14. The second-order valence-electron chi connectivity index (χ2n) is 18.0. The molecule has 0 aromatic rings. The summed E-state index contributed by atoms with van der Waals surface area (Å²) < 4.78 is 34.2. The average molecular weight is 953 g/mol. The van der Waals surface area contributed by atoms with Crippen molar-refractivity contribution in [3.8, 4) is 0 Å². The third kappa shape index (κ3) is 28.2. The minimum absolute atomic E-state index is 0.0577. The molecule has 0 amide bonds. The van der Waals surface area contributed by atoms with Gasteiger partial charge in [0.15, 0.2) is 12.6 Å². The van der Waals surface area contributed by atoms with Crippen molar-refractivity contribution in [2.45, 2.75) is 235 Å². The number of hydrogen-bond acceptors (Lipinski definition) is 14. The number of rotatable bonds is 40. The van der Waals surface area contributed by atoms with Crippen molar-refractivity contribution < 1.29 is 69.0 Å². The van der Waals surface area contributed by atoms with Crippen molar-refractivity contribution in [3.63, 3.8) is 0 Å². The Balaban J connectivity index is 1.68. The van der Waals surface area contributed by atoms with Crippen molar-refractivity contribution in [1.29, 1.82) is 0 Å². The van der Waals surface area contributed by atoms with E-state index in [2.05, 4.69) is 74.6 Å². The predicted octanol–water partition coefficient (Wildman–Crippen LogP) is 7.74. The Hall–Kier alpha value is -2.31. The van der Waals surface area contributed by atoms with Gasteiger partial charge in [-0.15, -0.1) is 0 Å². The van der Waals surface area contributed by atoms with Gasteiger partial charge in [0.05, 0.1) is 26.4 Å². The number of aliphatic hydroxyl groups excluding tert-OH is 7. The molecule has 2 heterocycles. The minimum atomic E-state index is -1.71. The summed E-state index contributed by atoms with van der Waals surface area (Å²) in [6, 6.07) is 0. The first-order valence-corrected chi connectivity index (χ1v) is 25.9. The van der Waals surface area contributed by atoms with Gasteiger partial charge in [0.2, 0.25) is 0 Å². The van der Waals surface area contributed by atoms with Gasteiger partial charge in [0, 0.05) is 13.0 Å². The van der Waals surface area contributed by atoms with E-state index < -0.39 is 80.7 Å². The first kappa shape index (κ1) is 60.8. The van der Waals surface area contributed by atoms with E-state index >= 15 is 0 Å². The molecule has 0 aliphatic carbocycles. The Morgan fingerprint density at radius 2 is 0.970 bits per heavy atom. The van der Waals surface area contributed by atoms with Crippen molar-refractivity contribution in [3.05, 3.63) is 60.8 Å². The van der Waals surface area contributed by atoms with E-state index in [1.807, 2.05) is 0 Å². The number of unbranched alkanes of at least 4 members (excludes halogenated alkanes) is 16. The molecule has 11 unspecified atom stereocenters. The van der Waals surface area contributed by atoms with Crippen molar-refractivity contribution in [1.82, 2.24) is 0 Å². The largest absolute Gasteiger partial charge is 0.457 e. The van der Waals surface area contributed by atoms with Gasteiger partial charge in [-0.2, -0.15) is 0 Å². The zero-order valence-electron chi connectivity index (χ0n) is 41.1. The molecule has 2 aliphatic heterocycles. The highest BCUT2D eigenvalue weighted by atomic mass is 16.7. The lowest BCUT2D eigenvalue weighted by atomic mass is 9.98. The van der Waals surface area contributed by atoms with Gasteiger partial charge in [0.25, 0.3) is 0 Å². The molecule has 0 aromatic carbocycles. The number of carbonyl (C=O) groups is 1. The molecule has 0 bridgehead atoms. The monoisotopic (exact) mass is 953 g/mol. The highest BCUT2D eigenvalue weighted by Gasteiger charge is 2.47. The predicted molar refractivity (Wildman–Crippen MR) is 261 cm³/mol. The quantitative estimate of drug-likeness (QED) is 0.0178. The van der Waals surface area contributed by atoms with Gasteiger partial charge in [-0.1, -0.05) is 164 Å². The summed E-state index contributed by atoms with van der Waals surface area (Å²) in [5.41, 5.74) is 0. The lowest BCUT2D eigenvalue weighted by molar-refractivity contribution is -0.332. The maximum absolute atomic E-state index is 13.0. The molecule has 0 aromatic heterocycles. The smallest absolute Gasteiger partial charge is 0.306 e. The van der Waals surface area contributed by atoms with Gasteiger partial charge in [-0.05, 0) is 57.8 Å². The Morgan fingerprint density at radius 1 is 0.507 bits per heavy atom. The molecule has 2 saturated heterocycles. The molecular weight excluding hydrogens is 861 g/mol. The molecule has 11 atom stereocenters. The first-order chi connectivity index (χ1) is 32.6. The molecule has 0 saturated carbocycles. The second-order valence-corrected chi connectivity index (χ2v) is 18.0. The summed E-state index contributed by atoms with van der Waals surface area (Å²) in [5.74, 6) is -0.386. The van der Waals surface area contributed by atoms with Crippen LogP contribution in [-0.4, -0.2) is 142 Å². The van der Waals surface area contributed by atoms with E-state index in [0.717, 1.165) is 77.0 Å². The van der Waals surface area contributed by atoms with Crippen LogP contribution in [0.25, 0.3) is 0 Å². The molecule has 0 spiro atoms. The third-order valence-corrected chi connectivity index (χ3v) is 12.0. The Labute approximate surface area is 403 Å². The molecule has 2 rings (SSSR count). The fraction of sp³-hybridized carbons (Fsp3) is 0.792. The fourth-order valence-electron chi connectivity index (χ4n) is 7.84. The summed E-state index contributed by atoms with van der Waals surface area (Å²) in [4.78, 5) is 13.0. The van der Waals surface area contributed by atoms with E-state index in [1.54, 1.807) is 0 Å². The van der Waals surface area contributed by atoms with Crippen LogP contribution in [0.5, 0.6) is 0 Å². The molecule has 0 radical (unpaired) electrons. The van der Waals surface area contributed by atoms with Gasteiger partial charge in [-0.25, -0.2) is 0 Å². The van der Waals surface area contributed by atoms with E-state index in [9.17, 15) is 40.5 Å². The first-order valence-electron chi connectivity index (χ1n) is 25.9. The average Bonchev–Trinajstić information content (AvgIpc) is 3.32. The van der Waals surface area contributed by atoms with Crippen LogP contribution in [0.15, 0.2) is 60.8 Å². The highest BCUT2D eigenvalue weighted by molar-refractivity contribution is 5.69. The second kappa shape index (κ2) is 40.4. The van der Waals surface area contributed by atoms with Gasteiger partial charge >= 0.3 is 5.97 Å². The van der Waals surface area contributed by atoms with Crippen LogP contribution in [0.1, 0.15) is 168 Å². The number of carbonyl (C=O) groups excluding carboxylic acids is 1. The zero-order valence-corrected chi connectivity index (χ0v) is 41.1. The van der Waals surface area contributed by atoms with Gasteiger partial charge in [-0.3, -0.25) is 4.79 Å². The summed E-state index contributed by atoms with van der Waals surface area (Å²) in [5, 5.41) is 72.0. The maximum atomic E-state index is 13.0. The maximum Gasteiger partial charge on any atom is 0.306 e. The van der Waals surface area contributed by atoms with Crippen molar-refractivity contribution in [2.75, 3.05) is 33.0 Å². The zero-order chi connectivity index (χ0) is 48.7. The molecule has 14 nitrogen and oxygen atoms in total. The Bertz CT molecular complexity index is 1340. The number of ether oxygens (including phenoxy) is 6. The highest BCUT2D eigenvalue weighted by Crippen LogP contribution is 2.26. The number of allylic oxidation sites excluding steroid dienone is 10. The standard InChI is InChI=1S/C53H92O14/c1-3-5-7-9-11-13-14-15-16-17-18-19-20-21-22-23-24-25-26-27-28-29-30-32-34-36-45(55)65-42(39-62-37-35-33-31-12-10-8-6-4-2)40-63-52-51(61)49(59)47(57)44(67-52)41-64-53-50(60)48(58)46(56)43(38-54)66-53/h5,7,11,13,15-16,18-19,21-22,42-44,46-54,56-61H,3-4,6,8-10,12,14,17,20,23-41H2,1-2H3/b7-5-,13-11-,16-15-,19-18-,22-21-. The Kier molecular flexibility index (Phi) is 36.7. The molecule has 67 heavy (non-hydrogen) atoms. The van der Waals surface area contributed by atoms with E-state index in [0.29, 0.717) is 13.0 Å². The van der Waals surface area contributed by atoms with Crippen LogP contribution in [-0.2, 0) is 33.2 Å². The van der Waals surface area contributed by atoms with Crippen LogP contribution in [0.2, 0.25) is 0 Å². The van der Waals surface area contributed by atoms with Crippen LogP contribution < -0.4 is 0 Å². The summed E-state index contributed by atoms with van der Waals surface area (Å²) in [6.45, 7) is 3.53. The van der Waals surface area contributed by atoms with Crippen LogP contribution in [0.3, 0.4) is 0 Å². The molecule has 7 N–H and O–H groups in total. The van der Waals surface area contributed by atoms with E-state index in [-0.39, 0.29) is 25.6 Å². The van der Waals surface area contributed by atoms with Crippen LogP contribution >= 0.6 is 0 Å². The van der Waals surface area contributed by atoms with E-state index in [1.165, 1.54) is 64.2 Å². The summed E-state index contributed by atoms with van der Waals surface area (Å²) in [6.07, 6.45) is 31.6. The lowest BCUT2D eigenvalue weighted by Crippen LogP contribution is -2.61. The molecule has 2 aliphatic rings. The van der Waals surface area contributed by atoms with Crippen LogP contribution in [0.4, 0.5) is 0 Å². The summed E-state index contributed by atoms with van der Waals surface area (Å²) >= 11 is 0. The third-order valence-electron chi connectivity index (χ3n) is 12.0. The molecule has 388 valence electrons. The Morgan fingerprint density at radius 3 is 1.52 bits per heavy atom. The van der Waals surface area contributed by atoms with Crippen molar-refractivity contribution in [2.24, 2.45) is 0 Å². The van der Waals surface area contributed by atoms with Gasteiger partial charge < -0.3 is 64.2 Å². The number of esters is 1. The lowest BCUT2D eigenvalue weighted by Gasteiger charge is -2.42. The van der Waals surface area contributed by atoms with Gasteiger partial charge in [0.1, 0.15) is 54.9 Å². The SMILES string of the molecule is CC/C=C\C/C=C\C/C=C\C/C=C\C/C=C\CCCCCCCCCCCC(=O)OC(COCCCCCCCCCC)COC1OC(COC2OC(CO)C(O)C(O)C2O)C(O)C(O)C1O. The fourth-order valence-corrected chi connectivity index (χ4v) is 7.84. The number of hydrogen-bond donors (Lipinski definition) is 7. The molecule has 14 heteroatoms. The molecule has 2 fully saturated rings. The normalized spacial score (nSPS) is 26.6. The number of aliphatic hydroxyl groups is 7.